The van der Waals surface area contributed by atoms with Gasteiger partial charge in [-0.15, -0.1) is 0 Å². The van der Waals surface area contributed by atoms with E-state index in [1.807, 2.05) is 6.08 Å². The van der Waals surface area contributed by atoms with E-state index in [9.17, 15) is 35.1 Å². The number of nitrogens with one attached hydrogen (secondary N) is 1. The third kappa shape index (κ3) is 46.5. The van der Waals surface area contributed by atoms with Gasteiger partial charge >= 0.3 is 5.97 Å². The topological polar surface area (TPSA) is 175 Å². The fourth-order valence-electron chi connectivity index (χ4n) is 10.1. The van der Waals surface area contributed by atoms with Crippen LogP contribution in [0.1, 0.15) is 296 Å². The Kier molecular flexibility index (Phi) is 53.8. The number of hydrogen-bond acceptors (Lipinski definition) is 10. The molecule has 6 N–H and O–H groups in total. The molecule has 1 aliphatic rings. The number of unbranched alkanes of at least 4 members (excludes halogenated alkanes) is 35. The molecule has 1 heterocycles. The molecule has 460 valence electrons. The van der Waals surface area contributed by atoms with Crippen molar-refractivity contribution in [3.05, 3.63) is 60.8 Å². The first kappa shape index (κ1) is 74.4. The zero-order valence-corrected chi connectivity index (χ0v) is 50.8. The van der Waals surface area contributed by atoms with Gasteiger partial charge in [-0.2, -0.15) is 0 Å². The van der Waals surface area contributed by atoms with Crippen LogP contribution in [0.2, 0.25) is 0 Å². The minimum Gasteiger partial charge on any atom is -0.466 e. The molecule has 0 aromatic rings. The zero-order valence-electron chi connectivity index (χ0n) is 50.8. The average Bonchev–Trinajstić information content (AvgIpc) is 3.46. The molecule has 11 heteroatoms. The van der Waals surface area contributed by atoms with Crippen molar-refractivity contribution in [2.45, 2.75) is 339 Å². The molecule has 0 aliphatic carbocycles. The summed E-state index contributed by atoms with van der Waals surface area (Å²) in [6.45, 7) is 4.29. The van der Waals surface area contributed by atoms with Crippen molar-refractivity contribution >= 4 is 11.9 Å². The van der Waals surface area contributed by atoms with E-state index in [4.69, 9.17) is 14.2 Å². The van der Waals surface area contributed by atoms with Crippen LogP contribution in [0.25, 0.3) is 0 Å². The summed E-state index contributed by atoms with van der Waals surface area (Å²) >= 11 is 0. The molecule has 0 aromatic heterocycles. The van der Waals surface area contributed by atoms with Gasteiger partial charge < -0.3 is 45.1 Å². The van der Waals surface area contributed by atoms with Crippen LogP contribution in [-0.2, 0) is 23.8 Å². The first-order valence-corrected chi connectivity index (χ1v) is 33.1. The molecule has 79 heavy (non-hydrogen) atoms. The number of aliphatic hydroxyl groups is 5. The number of carbonyl (C=O) groups is 2. The van der Waals surface area contributed by atoms with Crippen molar-refractivity contribution in [3.8, 4) is 0 Å². The summed E-state index contributed by atoms with van der Waals surface area (Å²) in [5.41, 5.74) is 0. The number of allylic oxidation sites excluding steroid dienone is 9. The zero-order chi connectivity index (χ0) is 57.3. The lowest BCUT2D eigenvalue weighted by atomic mass is 9.99. The van der Waals surface area contributed by atoms with E-state index in [0.717, 1.165) is 77.0 Å². The Labute approximate surface area is 484 Å². The highest BCUT2D eigenvalue weighted by atomic mass is 16.7. The van der Waals surface area contributed by atoms with Crippen molar-refractivity contribution in [2.24, 2.45) is 0 Å². The molecule has 1 aliphatic heterocycles. The van der Waals surface area contributed by atoms with Crippen molar-refractivity contribution in [3.63, 3.8) is 0 Å². The molecule has 1 saturated heterocycles. The molecule has 7 atom stereocenters. The molecule has 1 fully saturated rings. The first-order valence-electron chi connectivity index (χ1n) is 33.1. The van der Waals surface area contributed by atoms with Crippen LogP contribution in [0.15, 0.2) is 60.8 Å². The van der Waals surface area contributed by atoms with Gasteiger partial charge in [0, 0.05) is 12.8 Å². The van der Waals surface area contributed by atoms with Gasteiger partial charge in [0.25, 0.3) is 0 Å². The van der Waals surface area contributed by atoms with Crippen molar-refractivity contribution < 1.29 is 49.3 Å². The Balaban J connectivity index is 2.02. The monoisotopic (exact) mass is 1110 g/mol. The Hall–Kier alpha value is -2.64. The highest BCUT2D eigenvalue weighted by Crippen LogP contribution is 2.23. The number of amides is 1. The summed E-state index contributed by atoms with van der Waals surface area (Å²) in [6.07, 6.45) is 64.8. The molecule has 11 nitrogen and oxygen atoms in total. The summed E-state index contributed by atoms with van der Waals surface area (Å²) in [5.74, 6) is -0.206. The third-order valence-electron chi connectivity index (χ3n) is 15.3. The Bertz CT molecular complexity index is 1500. The van der Waals surface area contributed by atoms with Gasteiger partial charge in [0.2, 0.25) is 5.91 Å². The maximum Gasteiger partial charge on any atom is 0.305 e. The van der Waals surface area contributed by atoms with Crippen molar-refractivity contribution in [2.75, 3.05) is 19.8 Å². The molecule has 0 radical (unpaired) electrons. The molecule has 0 bridgehead atoms. The van der Waals surface area contributed by atoms with Crippen LogP contribution < -0.4 is 5.32 Å². The second kappa shape index (κ2) is 57.2. The number of ether oxygens (including phenoxy) is 3. The van der Waals surface area contributed by atoms with E-state index < -0.39 is 49.5 Å². The fraction of sp³-hybridized carbons (Fsp3) is 0.824. The maximum absolute atomic E-state index is 13.0. The Morgan fingerprint density at radius 1 is 0.468 bits per heavy atom. The normalized spacial score (nSPS) is 18.8. The number of aliphatic hydroxyl groups excluding tert-OH is 5. The molecule has 0 aromatic carbocycles. The first-order chi connectivity index (χ1) is 38.7. The van der Waals surface area contributed by atoms with E-state index in [-0.39, 0.29) is 18.5 Å². The number of hydrogen-bond donors (Lipinski definition) is 6. The molecule has 1 rings (SSSR count). The summed E-state index contributed by atoms with van der Waals surface area (Å²) in [5, 5.41) is 54.4. The molecular formula is C68H123NO10. The predicted molar refractivity (Wildman–Crippen MR) is 329 cm³/mol. The van der Waals surface area contributed by atoms with E-state index in [2.05, 4.69) is 67.8 Å². The summed E-state index contributed by atoms with van der Waals surface area (Å²) < 4.78 is 16.7. The third-order valence-corrected chi connectivity index (χ3v) is 15.3. The number of carbonyl (C=O) groups excluding carboxylic acids is 2. The van der Waals surface area contributed by atoms with Gasteiger partial charge in [-0.25, -0.2) is 0 Å². The minimum atomic E-state index is -1.58. The smallest absolute Gasteiger partial charge is 0.305 e. The standard InChI is InChI=1S/C68H123NO10/c1-3-5-7-9-11-13-15-34-38-42-46-50-54-61(71)60(59-78-68-67(76)66(75)65(74)62(58-70)79-68)69-63(72)55-51-47-43-39-35-32-30-28-26-24-22-20-18-17-19-21-23-25-27-29-31-33-37-41-45-49-53-57-77-64(73)56-52-48-44-40-36-16-14-12-10-8-6-4-2/h12,14,17-18,21,23,34,38,50,54,60-62,65-68,70-71,74-76H,3-11,13,15-16,19-20,22,24-33,35-37,39-49,51-53,55-59H2,1-2H3,(H,69,72)/b14-12-,18-17-,23-21-,38-34+,54-50+. The van der Waals surface area contributed by atoms with E-state index in [1.54, 1.807) is 6.08 Å². The molecular weight excluding hydrogens is 991 g/mol. The van der Waals surface area contributed by atoms with Crippen LogP contribution in [0.3, 0.4) is 0 Å². The van der Waals surface area contributed by atoms with Crippen LogP contribution in [-0.4, -0.2) is 100 Å². The van der Waals surface area contributed by atoms with Crippen LogP contribution in [0.4, 0.5) is 0 Å². The van der Waals surface area contributed by atoms with Gasteiger partial charge in [-0.1, -0.05) is 242 Å². The largest absolute Gasteiger partial charge is 0.466 e. The van der Waals surface area contributed by atoms with E-state index in [1.165, 1.54) is 193 Å². The Morgan fingerprint density at radius 2 is 0.861 bits per heavy atom. The van der Waals surface area contributed by atoms with Gasteiger partial charge in [0.15, 0.2) is 6.29 Å². The van der Waals surface area contributed by atoms with Gasteiger partial charge in [-0.05, 0) is 103 Å². The SMILES string of the molecule is CCCCC/C=C\CCCCCCCC(=O)OCCCCCCCCCCC/C=C\C/C=C\CCCCCCCCCCCCCC(=O)NC(COC1OC(CO)C(O)C(O)C1O)C(O)/C=C/CC/C=C/CCCCCCCC. The van der Waals surface area contributed by atoms with Gasteiger partial charge in [0.05, 0.1) is 32.0 Å². The second-order valence-corrected chi connectivity index (χ2v) is 22.8. The average molecular weight is 1110 g/mol. The molecule has 7 unspecified atom stereocenters. The van der Waals surface area contributed by atoms with Crippen molar-refractivity contribution in [1.82, 2.24) is 5.32 Å². The van der Waals surface area contributed by atoms with Crippen LogP contribution in [0, 0.1) is 0 Å². The summed E-state index contributed by atoms with van der Waals surface area (Å²) in [4.78, 5) is 25.1. The van der Waals surface area contributed by atoms with Crippen LogP contribution in [0.5, 0.6) is 0 Å². The second-order valence-electron chi connectivity index (χ2n) is 22.8. The lowest BCUT2D eigenvalue weighted by Gasteiger charge is -2.40. The van der Waals surface area contributed by atoms with Gasteiger partial charge in [-0.3, -0.25) is 9.59 Å². The predicted octanol–water partition coefficient (Wildman–Crippen LogP) is 16.2. The molecule has 1 amide bonds. The summed E-state index contributed by atoms with van der Waals surface area (Å²) in [6, 6.07) is -0.831. The fourth-order valence-corrected chi connectivity index (χ4v) is 10.1. The minimum absolute atomic E-state index is 0.00989. The van der Waals surface area contributed by atoms with E-state index >= 15 is 0 Å². The lowest BCUT2D eigenvalue weighted by Crippen LogP contribution is -2.60. The highest BCUT2D eigenvalue weighted by molar-refractivity contribution is 5.76. The number of esters is 1. The summed E-state index contributed by atoms with van der Waals surface area (Å²) in [7, 11) is 0. The number of rotatable bonds is 57. The van der Waals surface area contributed by atoms with Crippen molar-refractivity contribution in [1.29, 1.82) is 0 Å². The molecule has 0 spiro atoms. The quantitative estimate of drug-likeness (QED) is 0.0195. The highest BCUT2D eigenvalue weighted by Gasteiger charge is 2.44. The Morgan fingerprint density at radius 3 is 1.35 bits per heavy atom. The van der Waals surface area contributed by atoms with Crippen LogP contribution >= 0.6 is 0 Å². The molecule has 0 saturated carbocycles. The van der Waals surface area contributed by atoms with E-state index in [0.29, 0.717) is 19.4 Å². The van der Waals surface area contributed by atoms with Gasteiger partial charge in [0.1, 0.15) is 24.4 Å². The maximum atomic E-state index is 13.0. The lowest BCUT2D eigenvalue weighted by molar-refractivity contribution is -0.302.